The minimum atomic E-state index is -0.239. The van der Waals surface area contributed by atoms with E-state index in [4.69, 9.17) is 0 Å². The summed E-state index contributed by atoms with van der Waals surface area (Å²) in [6, 6.07) is 17.7. The van der Waals surface area contributed by atoms with Crippen molar-refractivity contribution in [1.29, 1.82) is 0 Å². The molecule has 0 atom stereocenters. The normalized spacial score (nSPS) is 10.5. The van der Waals surface area contributed by atoms with Crippen LogP contribution in [0.1, 0.15) is 34.4 Å². The van der Waals surface area contributed by atoms with E-state index in [1.807, 2.05) is 43.3 Å². The number of para-hydroxylation sites is 1. The molecule has 1 N–H and O–H groups in total. The summed E-state index contributed by atoms with van der Waals surface area (Å²) in [5.41, 5.74) is 4.36. The lowest BCUT2D eigenvalue weighted by atomic mass is 10.2. The van der Waals surface area contributed by atoms with E-state index < -0.39 is 0 Å². The lowest BCUT2D eigenvalue weighted by Gasteiger charge is -2.23. The van der Waals surface area contributed by atoms with Gasteiger partial charge in [0.15, 0.2) is 0 Å². The quantitative estimate of drug-likeness (QED) is 0.709. The topological polar surface area (TPSA) is 58.1 Å². The minimum Gasteiger partial charge on any atom is -0.327 e. The zero-order valence-corrected chi connectivity index (χ0v) is 16.2. The van der Waals surface area contributed by atoms with E-state index in [-0.39, 0.29) is 5.91 Å². The summed E-state index contributed by atoms with van der Waals surface area (Å²) < 4.78 is 0. The Morgan fingerprint density at radius 1 is 1.00 bits per heavy atom. The van der Waals surface area contributed by atoms with E-state index in [1.54, 1.807) is 13.0 Å². The fraction of sp³-hybridized carbons (Fsp3) is 0.227. The first-order valence-corrected chi connectivity index (χ1v) is 9.05. The molecule has 0 aliphatic heterocycles. The van der Waals surface area contributed by atoms with Crippen molar-refractivity contribution in [1.82, 2.24) is 9.97 Å². The lowest BCUT2D eigenvalue weighted by molar-refractivity contribution is 0.102. The zero-order valence-electron chi connectivity index (χ0n) is 16.2. The third kappa shape index (κ3) is 4.31. The maximum absolute atomic E-state index is 12.8. The number of rotatable bonds is 5. The highest BCUT2D eigenvalue weighted by Gasteiger charge is 2.16. The van der Waals surface area contributed by atoms with Gasteiger partial charge in [-0.25, -0.2) is 9.97 Å². The molecule has 0 aliphatic rings. The number of anilines is 3. The van der Waals surface area contributed by atoms with E-state index in [9.17, 15) is 4.79 Å². The Hall–Kier alpha value is -3.21. The molecule has 0 bridgehead atoms. The highest BCUT2D eigenvalue weighted by atomic mass is 16.1. The fourth-order valence-corrected chi connectivity index (χ4v) is 2.98. The predicted octanol–water partition coefficient (Wildman–Crippen LogP) is 4.81. The number of hydrogen-bond donors (Lipinski definition) is 1. The third-order valence-corrected chi connectivity index (χ3v) is 4.36. The summed E-state index contributed by atoms with van der Waals surface area (Å²) >= 11 is 0. The molecule has 0 spiro atoms. The Bertz CT molecular complexity index is 968. The van der Waals surface area contributed by atoms with Crippen LogP contribution in [0.2, 0.25) is 0 Å². The van der Waals surface area contributed by atoms with Gasteiger partial charge in [0.1, 0.15) is 17.3 Å². The van der Waals surface area contributed by atoms with Crippen LogP contribution in [0.15, 0.2) is 54.6 Å². The molecule has 3 rings (SSSR count). The van der Waals surface area contributed by atoms with Crippen LogP contribution in [0.5, 0.6) is 0 Å². The zero-order chi connectivity index (χ0) is 19.4. The molecular weight excluding hydrogens is 336 g/mol. The molecule has 27 heavy (non-hydrogen) atoms. The molecule has 2 aromatic carbocycles. The second-order valence-electron chi connectivity index (χ2n) is 6.51. The van der Waals surface area contributed by atoms with Gasteiger partial charge in [-0.1, -0.05) is 30.3 Å². The number of amides is 1. The Balaban J connectivity index is 1.93. The van der Waals surface area contributed by atoms with Gasteiger partial charge in [-0.05, 0) is 57.0 Å². The maximum atomic E-state index is 12.8. The van der Waals surface area contributed by atoms with Gasteiger partial charge in [0.2, 0.25) is 0 Å². The Labute approximate surface area is 160 Å². The van der Waals surface area contributed by atoms with Crippen LogP contribution in [0.4, 0.5) is 17.2 Å². The van der Waals surface area contributed by atoms with Crippen molar-refractivity contribution in [2.75, 3.05) is 16.8 Å². The second-order valence-corrected chi connectivity index (χ2v) is 6.51. The standard InChI is InChI=1S/C22H24N4O/c1-5-26(18-11-8-9-15(2)13-18)21-14-20(23-17(4)24-21)22(27)25-19-12-7-6-10-16(19)3/h6-14H,5H2,1-4H3,(H,25,27). The van der Waals surface area contributed by atoms with E-state index in [0.29, 0.717) is 17.3 Å². The van der Waals surface area contributed by atoms with Gasteiger partial charge in [-0.15, -0.1) is 0 Å². The van der Waals surface area contributed by atoms with Crippen molar-refractivity contribution < 1.29 is 4.79 Å². The molecule has 1 aromatic heterocycles. The van der Waals surface area contributed by atoms with Crippen molar-refractivity contribution in [2.24, 2.45) is 0 Å². The molecule has 3 aromatic rings. The monoisotopic (exact) mass is 360 g/mol. The number of nitrogens with zero attached hydrogens (tertiary/aromatic N) is 3. The first-order valence-electron chi connectivity index (χ1n) is 9.05. The van der Waals surface area contributed by atoms with Crippen LogP contribution in [0, 0.1) is 20.8 Å². The number of aromatic nitrogens is 2. The maximum Gasteiger partial charge on any atom is 0.274 e. The molecule has 0 unspecified atom stereocenters. The van der Waals surface area contributed by atoms with E-state index in [1.165, 1.54) is 5.56 Å². The number of benzene rings is 2. The number of nitrogens with one attached hydrogen (secondary N) is 1. The SMILES string of the molecule is CCN(c1cccc(C)c1)c1cc(C(=O)Nc2ccccc2C)nc(C)n1. The molecule has 1 amide bonds. The molecule has 0 fully saturated rings. The smallest absolute Gasteiger partial charge is 0.274 e. The highest BCUT2D eigenvalue weighted by Crippen LogP contribution is 2.25. The van der Waals surface area contributed by atoms with Crippen molar-refractivity contribution in [3.05, 3.63) is 77.2 Å². The summed E-state index contributed by atoms with van der Waals surface area (Å²) in [6.07, 6.45) is 0. The molecule has 0 radical (unpaired) electrons. The molecular formula is C22H24N4O. The van der Waals surface area contributed by atoms with E-state index in [2.05, 4.69) is 46.2 Å². The van der Waals surface area contributed by atoms with E-state index in [0.717, 1.165) is 23.5 Å². The average Bonchev–Trinajstić information content (AvgIpc) is 2.64. The summed E-state index contributed by atoms with van der Waals surface area (Å²) in [6.45, 7) is 8.62. The summed E-state index contributed by atoms with van der Waals surface area (Å²) in [4.78, 5) is 23.7. The van der Waals surface area contributed by atoms with Crippen LogP contribution >= 0.6 is 0 Å². The third-order valence-electron chi connectivity index (χ3n) is 4.36. The van der Waals surface area contributed by atoms with Crippen molar-refractivity contribution in [3.8, 4) is 0 Å². The summed E-state index contributed by atoms with van der Waals surface area (Å²) in [5, 5.41) is 2.94. The highest BCUT2D eigenvalue weighted by molar-refractivity contribution is 6.03. The molecule has 5 nitrogen and oxygen atoms in total. The predicted molar refractivity (Wildman–Crippen MR) is 110 cm³/mol. The van der Waals surface area contributed by atoms with Crippen LogP contribution < -0.4 is 10.2 Å². The Morgan fingerprint density at radius 3 is 2.48 bits per heavy atom. The summed E-state index contributed by atoms with van der Waals surface area (Å²) in [5.74, 6) is 1.04. The van der Waals surface area contributed by atoms with Crippen LogP contribution in [0.3, 0.4) is 0 Å². The number of hydrogen-bond acceptors (Lipinski definition) is 4. The number of carbonyl (C=O) groups excluding carboxylic acids is 1. The first-order chi connectivity index (χ1) is 13.0. The molecule has 0 saturated heterocycles. The first kappa shape index (κ1) is 18.6. The van der Waals surface area contributed by atoms with Gasteiger partial charge in [0, 0.05) is 24.0 Å². The average molecular weight is 360 g/mol. The second kappa shape index (κ2) is 7.99. The molecule has 138 valence electrons. The van der Waals surface area contributed by atoms with Gasteiger partial charge in [-0.2, -0.15) is 0 Å². The lowest BCUT2D eigenvalue weighted by Crippen LogP contribution is -2.21. The van der Waals surface area contributed by atoms with Gasteiger partial charge in [0.05, 0.1) is 0 Å². The van der Waals surface area contributed by atoms with Crippen LogP contribution in [-0.2, 0) is 0 Å². The Kier molecular flexibility index (Phi) is 5.50. The molecule has 5 heteroatoms. The number of aryl methyl sites for hydroxylation is 3. The molecule has 0 saturated carbocycles. The minimum absolute atomic E-state index is 0.239. The largest absolute Gasteiger partial charge is 0.327 e. The van der Waals surface area contributed by atoms with Crippen molar-refractivity contribution in [2.45, 2.75) is 27.7 Å². The summed E-state index contributed by atoms with van der Waals surface area (Å²) in [7, 11) is 0. The molecule has 0 aliphatic carbocycles. The fourth-order valence-electron chi connectivity index (χ4n) is 2.98. The van der Waals surface area contributed by atoms with Gasteiger partial charge >= 0.3 is 0 Å². The van der Waals surface area contributed by atoms with Crippen LogP contribution in [-0.4, -0.2) is 22.4 Å². The van der Waals surface area contributed by atoms with Gasteiger partial charge in [0.25, 0.3) is 5.91 Å². The van der Waals surface area contributed by atoms with Gasteiger partial charge < -0.3 is 10.2 Å². The van der Waals surface area contributed by atoms with Crippen molar-refractivity contribution in [3.63, 3.8) is 0 Å². The molecule has 1 heterocycles. The number of carbonyl (C=O) groups is 1. The van der Waals surface area contributed by atoms with Gasteiger partial charge in [-0.3, -0.25) is 4.79 Å². The Morgan fingerprint density at radius 2 is 1.78 bits per heavy atom. The van der Waals surface area contributed by atoms with Crippen LogP contribution in [0.25, 0.3) is 0 Å². The van der Waals surface area contributed by atoms with E-state index >= 15 is 0 Å². The van der Waals surface area contributed by atoms with Crippen molar-refractivity contribution >= 4 is 23.1 Å².